The molecule has 3 aromatic rings. The normalized spacial score (nSPS) is 15.4. The van der Waals surface area contributed by atoms with Crippen molar-refractivity contribution in [3.63, 3.8) is 0 Å². The second-order valence-electron chi connectivity index (χ2n) is 5.94. The number of nitrogens with zero attached hydrogens (tertiary/aromatic N) is 2. The molecule has 122 valence electrons. The van der Waals surface area contributed by atoms with E-state index >= 15 is 0 Å². The minimum Gasteiger partial charge on any atom is -0.378 e. The molecule has 0 spiro atoms. The second kappa shape index (κ2) is 7.16. The van der Waals surface area contributed by atoms with Crippen molar-refractivity contribution in [3.8, 4) is 0 Å². The Morgan fingerprint density at radius 3 is 2.58 bits per heavy atom. The van der Waals surface area contributed by atoms with Crippen molar-refractivity contribution in [2.75, 3.05) is 26.3 Å². The molecule has 0 radical (unpaired) electrons. The zero-order valence-electron chi connectivity index (χ0n) is 13.6. The molecule has 4 heteroatoms. The summed E-state index contributed by atoms with van der Waals surface area (Å²) in [5.41, 5.74) is 2.63. The summed E-state index contributed by atoms with van der Waals surface area (Å²) in [5.74, 6) is 0. The van der Waals surface area contributed by atoms with Crippen molar-refractivity contribution in [2.45, 2.75) is 6.54 Å². The summed E-state index contributed by atoms with van der Waals surface area (Å²) >= 11 is 1.85. The molecule has 0 saturated carbocycles. The number of fused-ring (bicyclic) bond motifs is 1. The lowest BCUT2D eigenvalue weighted by atomic mass is 10.2. The van der Waals surface area contributed by atoms with Crippen LogP contribution >= 0.6 is 11.3 Å². The molecule has 0 amide bonds. The summed E-state index contributed by atoms with van der Waals surface area (Å²) < 4.78 is 9.16. The molecule has 1 fully saturated rings. The van der Waals surface area contributed by atoms with E-state index < -0.39 is 0 Å². The first-order valence-electron chi connectivity index (χ1n) is 8.35. The average molecular weight is 337 g/mol. The number of thiazole rings is 1. The van der Waals surface area contributed by atoms with Crippen molar-refractivity contribution in [3.05, 3.63) is 71.4 Å². The van der Waals surface area contributed by atoms with Gasteiger partial charge in [0.05, 0.1) is 13.2 Å². The highest BCUT2D eigenvalue weighted by atomic mass is 32.1. The third kappa shape index (κ3) is 3.35. The van der Waals surface area contributed by atoms with E-state index in [0.29, 0.717) is 0 Å². The first-order chi connectivity index (χ1) is 11.9. The van der Waals surface area contributed by atoms with E-state index in [0.717, 1.165) is 32.8 Å². The molecule has 2 heterocycles. The maximum atomic E-state index is 5.42. The highest BCUT2D eigenvalue weighted by Gasteiger charge is 2.19. The number of aromatic nitrogens is 1. The Kier molecular flexibility index (Phi) is 4.58. The molecule has 3 nitrogen and oxygen atoms in total. The predicted octanol–water partition coefficient (Wildman–Crippen LogP) is 3.54. The molecule has 2 aromatic carbocycles. The lowest BCUT2D eigenvalue weighted by Crippen LogP contribution is -2.36. The number of ether oxygens (including phenoxy) is 1. The largest absolute Gasteiger partial charge is 0.378 e. The van der Waals surface area contributed by atoms with Crippen molar-refractivity contribution in [1.29, 1.82) is 0 Å². The van der Waals surface area contributed by atoms with E-state index in [1.807, 2.05) is 11.3 Å². The highest BCUT2D eigenvalue weighted by molar-refractivity contribution is 7.18. The molecule has 1 aromatic heterocycles. The minimum absolute atomic E-state index is 0.820. The monoisotopic (exact) mass is 337 g/mol. The summed E-state index contributed by atoms with van der Waals surface area (Å²) in [6.45, 7) is 4.48. The number of hydrogen-bond donors (Lipinski definition) is 0. The number of morpholine rings is 1. The van der Waals surface area contributed by atoms with Gasteiger partial charge in [0.25, 0.3) is 5.01 Å². The zero-order valence-corrected chi connectivity index (χ0v) is 14.4. The van der Waals surface area contributed by atoms with Crippen LogP contribution in [0.25, 0.3) is 16.3 Å². The Morgan fingerprint density at radius 1 is 1.00 bits per heavy atom. The van der Waals surface area contributed by atoms with E-state index in [1.165, 1.54) is 20.8 Å². The third-order valence-electron chi connectivity index (χ3n) is 4.29. The van der Waals surface area contributed by atoms with E-state index in [-0.39, 0.29) is 0 Å². The van der Waals surface area contributed by atoms with Gasteiger partial charge < -0.3 is 9.64 Å². The van der Waals surface area contributed by atoms with Crippen molar-refractivity contribution < 1.29 is 9.30 Å². The Balaban J connectivity index is 1.68. The Labute approximate surface area is 146 Å². The van der Waals surface area contributed by atoms with Crippen LogP contribution in [0.1, 0.15) is 10.6 Å². The van der Waals surface area contributed by atoms with Gasteiger partial charge in [0.15, 0.2) is 6.54 Å². The summed E-state index contributed by atoms with van der Waals surface area (Å²) in [7, 11) is 0. The minimum atomic E-state index is 0.820. The van der Waals surface area contributed by atoms with Crippen LogP contribution in [0.3, 0.4) is 0 Å². The van der Waals surface area contributed by atoms with E-state index in [9.17, 15) is 0 Å². The smallest absolute Gasteiger partial charge is 0.264 e. The predicted molar refractivity (Wildman–Crippen MR) is 99.0 cm³/mol. The van der Waals surface area contributed by atoms with Crippen molar-refractivity contribution in [2.24, 2.45) is 0 Å². The van der Waals surface area contributed by atoms with Crippen LogP contribution in [0, 0.1) is 0 Å². The van der Waals surface area contributed by atoms with E-state index in [1.54, 1.807) is 0 Å². The van der Waals surface area contributed by atoms with Crippen LogP contribution in [0.5, 0.6) is 0 Å². The molecule has 0 aliphatic carbocycles. The molecule has 0 N–H and O–H groups in total. The van der Waals surface area contributed by atoms with Gasteiger partial charge in [-0.25, -0.2) is 0 Å². The Bertz CT molecular complexity index is 835. The molecular formula is C20H21N2OS+. The van der Waals surface area contributed by atoms with Gasteiger partial charge in [0.2, 0.25) is 5.52 Å². The molecule has 0 unspecified atom stereocenters. The summed E-state index contributed by atoms with van der Waals surface area (Å²) in [6.07, 6.45) is 4.47. The van der Waals surface area contributed by atoms with Crippen LogP contribution in [-0.4, -0.2) is 31.2 Å². The molecule has 1 aliphatic heterocycles. The van der Waals surface area contributed by atoms with Gasteiger partial charge in [-0.15, -0.1) is 0 Å². The molecule has 1 saturated heterocycles. The van der Waals surface area contributed by atoms with Crippen LogP contribution in [-0.2, 0) is 11.3 Å². The maximum Gasteiger partial charge on any atom is 0.264 e. The number of para-hydroxylation sites is 1. The molecule has 1 aliphatic rings. The summed E-state index contributed by atoms with van der Waals surface area (Å²) in [5, 5.41) is 1.28. The molecule has 24 heavy (non-hydrogen) atoms. The fourth-order valence-corrected chi connectivity index (χ4v) is 4.06. The fraction of sp³-hybridized carbons (Fsp3) is 0.250. The lowest BCUT2D eigenvalue weighted by molar-refractivity contribution is -0.659. The topological polar surface area (TPSA) is 16.4 Å². The van der Waals surface area contributed by atoms with Crippen LogP contribution < -0.4 is 4.57 Å². The van der Waals surface area contributed by atoms with Crippen LogP contribution in [0.4, 0.5) is 0 Å². The molecular weight excluding hydrogens is 316 g/mol. The van der Waals surface area contributed by atoms with E-state index in [2.05, 4.69) is 76.3 Å². The van der Waals surface area contributed by atoms with Crippen molar-refractivity contribution in [1.82, 2.24) is 4.90 Å². The molecule has 0 bridgehead atoms. The van der Waals surface area contributed by atoms with Gasteiger partial charge >= 0.3 is 0 Å². The van der Waals surface area contributed by atoms with E-state index in [4.69, 9.17) is 4.74 Å². The van der Waals surface area contributed by atoms with Crippen LogP contribution in [0.15, 0.2) is 60.8 Å². The van der Waals surface area contributed by atoms with Gasteiger partial charge in [-0.2, -0.15) is 4.57 Å². The quantitative estimate of drug-likeness (QED) is 0.677. The SMILES string of the molecule is C(=CN1CCOCC1)c1sc2ccccc2[n+]1Cc1ccccc1. The standard InChI is InChI=1S/C20H21N2OS/c1-2-6-17(7-3-1)16-22-18-8-4-5-9-19(18)24-20(22)10-11-21-12-14-23-15-13-21/h1-11H,12-16H2/q+1. The van der Waals surface area contributed by atoms with Gasteiger partial charge in [-0.05, 0) is 6.07 Å². The summed E-state index contributed by atoms with van der Waals surface area (Å²) in [4.78, 5) is 2.33. The number of rotatable bonds is 4. The molecule has 0 atom stereocenters. The fourth-order valence-electron chi connectivity index (χ4n) is 3.00. The first kappa shape index (κ1) is 15.4. The Hall–Kier alpha value is -2.17. The first-order valence-corrected chi connectivity index (χ1v) is 9.17. The average Bonchev–Trinajstić information content (AvgIpc) is 2.99. The third-order valence-corrected chi connectivity index (χ3v) is 5.42. The van der Waals surface area contributed by atoms with Gasteiger partial charge in [-0.1, -0.05) is 53.8 Å². The maximum absolute atomic E-state index is 5.42. The number of hydrogen-bond acceptors (Lipinski definition) is 3. The van der Waals surface area contributed by atoms with Gasteiger partial charge in [-0.3, -0.25) is 0 Å². The number of benzene rings is 2. The van der Waals surface area contributed by atoms with Gasteiger partial charge in [0.1, 0.15) is 4.70 Å². The van der Waals surface area contributed by atoms with Gasteiger partial charge in [0, 0.05) is 37.0 Å². The summed E-state index contributed by atoms with van der Waals surface area (Å²) in [6, 6.07) is 19.3. The molecule has 4 rings (SSSR count). The van der Waals surface area contributed by atoms with Crippen LogP contribution in [0.2, 0.25) is 0 Å². The highest BCUT2D eigenvalue weighted by Crippen LogP contribution is 2.22. The zero-order chi connectivity index (χ0) is 16.2. The van der Waals surface area contributed by atoms with Crippen molar-refractivity contribution >= 4 is 27.6 Å². The Morgan fingerprint density at radius 2 is 1.75 bits per heavy atom. The second-order valence-corrected chi connectivity index (χ2v) is 7.01. The lowest BCUT2D eigenvalue weighted by Gasteiger charge is -2.24.